The van der Waals surface area contributed by atoms with E-state index >= 15 is 0 Å². The van der Waals surface area contributed by atoms with Crippen LogP contribution >= 0.6 is 11.3 Å². The number of carbonyl (C=O) groups excluding carboxylic acids is 1. The molecule has 2 aromatic carbocycles. The summed E-state index contributed by atoms with van der Waals surface area (Å²) in [4.78, 5) is 15.6. The molecule has 1 aliphatic heterocycles. The quantitative estimate of drug-likeness (QED) is 0.504. The molecule has 1 fully saturated rings. The predicted octanol–water partition coefficient (Wildman–Crippen LogP) is 4.34. The monoisotopic (exact) mass is 448 g/mol. The molecule has 0 aliphatic carbocycles. The van der Waals surface area contributed by atoms with Crippen LogP contribution in [0, 0.1) is 5.82 Å². The highest BCUT2D eigenvalue weighted by Crippen LogP contribution is 2.38. The molecular weight excluding hydrogens is 427 g/mol. The summed E-state index contributed by atoms with van der Waals surface area (Å²) in [5.74, 6) is -0.401. The van der Waals surface area contributed by atoms with Gasteiger partial charge < -0.3 is 10.0 Å². The smallest absolute Gasteiger partial charge is 0.264 e. The normalized spacial score (nSPS) is 20.9. The molecule has 1 amide bonds. The van der Waals surface area contributed by atoms with Crippen molar-refractivity contribution in [2.45, 2.75) is 24.6 Å². The molecule has 8 heteroatoms. The number of aliphatic hydroxyl groups is 1. The van der Waals surface area contributed by atoms with Crippen molar-refractivity contribution in [3.8, 4) is 11.3 Å². The Morgan fingerprint density at radius 3 is 2.56 bits per heavy atom. The van der Waals surface area contributed by atoms with E-state index in [1.165, 1.54) is 23.5 Å². The summed E-state index contributed by atoms with van der Waals surface area (Å²) in [6.45, 7) is 0.187. The van der Waals surface area contributed by atoms with Gasteiger partial charge in [-0.1, -0.05) is 41.6 Å². The zero-order chi connectivity index (χ0) is 22.1. The molecule has 0 saturated carbocycles. The van der Waals surface area contributed by atoms with Gasteiger partial charge in [0.15, 0.2) is 0 Å². The number of benzene rings is 2. The summed E-state index contributed by atoms with van der Waals surface area (Å²) in [7, 11) is 0. The summed E-state index contributed by atoms with van der Waals surface area (Å²) in [6, 6.07) is 19.0. The SMILES string of the molecule is O=C(c1cccs1)N1C[C@@H](O)[C@@H](n2cc(-c3ccc(F)cc3)nn2)C[C@@H]1c1ccccc1. The molecule has 0 radical (unpaired) electrons. The van der Waals surface area contributed by atoms with Gasteiger partial charge in [0.2, 0.25) is 0 Å². The van der Waals surface area contributed by atoms with Crippen LogP contribution in [0.1, 0.15) is 33.7 Å². The molecule has 1 aliphatic rings. The van der Waals surface area contributed by atoms with Crippen molar-refractivity contribution in [2.24, 2.45) is 0 Å². The minimum atomic E-state index is -0.804. The fraction of sp³-hybridized carbons (Fsp3) is 0.208. The van der Waals surface area contributed by atoms with Crippen molar-refractivity contribution in [3.63, 3.8) is 0 Å². The third-order valence-corrected chi connectivity index (χ3v) is 6.69. The molecule has 0 bridgehead atoms. The first-order valence-electron chi connectivity index (χ1n) is 10.4. The molecule has 1 saturated heterocycles. The van der Waals surface area contributed by atoms with Crippen LogP contribution < -0.4 is 0 Å². The lowest BCUT2D eigenvalue weighted by atomic mass is 9.90. The van der Waals surface area contributed by atoms with E-state index in [9.17, 15) is 14.3 Å². The minimum Gasteiger partial charge on any atom is -0.389 e. The van der Waals surface area contributed by atoms with E-state index in [4.69, 9.17) is 0 Å². The molecule has 0 unspecified atom stereocenters. The first-order valence-corrected chi connectivity index (χ1v) is 11.2. The highest BCUT2D eigenvalue weighted by atomic mass is 32.1. The number of thiophene rings is 1. The Morgan fingerprint density at radius 1 is 1.06 bits per heavy atom. The van der Waals surface area contributed by atoms with Gasteiger partial charge in [-0.15, -0.1) is 16.4 Å². The van der Waals surface area contributed by atoms with Crippen molar-refractivity contribution < 1.29 is 14.3 Å². The molecule has 0 spiro atoms. The van der Waals surface area contributed by atoms with Crippen LogP contribution in [-0.2, 0) is 0 Å². The molecular formula is C24H21FN4O2S. The van der Waals surface area contributed by atoms with Crippen molar-refractivity contribution in [2.75, 3.05) is 6.54 Å². The number of nitrogens with zero attached hydrogens (tertiary/aromatic N) is 4. The van der Waals surface area contributed by atoms with Gasteiger partial charge in [0.1, 0.15) is 11.5 Å². The minimum absolute atomic E-state index is 0.0862. The van der Waals surface area contributed by atoms with Gasteiger partial charge in [-0.25, -0.2) is 9.07 Å². The molecule has 3 heterocycles. The summed E-state index contributed by atoms with van der Waals surface area (Å²) >= 11 is 1.40. The van der Waals surface area contributed by atoms with Crippen molar-refractivity contribution in [1.29, 1.82) is 0 Å². The first kappa shape index (κ1) is 20.5. The Bertz CT molecular complexity index is 1190. The predicted molar refractivity (Wildman–Crippen MR) is 120 cm³/mol. The summed E-state index contributed by atoms with van der Waals surface area (Å²) in [5.41, 5.74) is 2.36. The Kier molecular flexibility index (Phi) is 5.55. The van der Waals surface area contributed by atoms with Crippen LogP contribution in [0.5, 0.6) is 0 Å². The van der Waals surface area contributed by atoms with Crippen LogP contribution in [0.3, 0.4) is 0 Å². The Morgan fingerprint density at radius 2 is 1.84 bits per heavy atom. The van der Waals surface area contributed by atoms with Crippen LogP contribution in [0.4, 0.5) is 4.39 Å². The Balaban J connectivity index is 1.45. The zero-order valence-corrected chi connectivity index (χ0v) is 17.9. The van der Waals surface area contributed by atoms with E-state index in [-0.39, 0.29) is 30.4 Å². The van der Waals surface area contributed by atoms with Crippen LogP contribution in [0.25, 0.3) is 11.3 Å². The number of halogens is 1. The number of aliphatic hydroxyl groups excluding tert-OH is 1. The number of likely N-dealkylation sites (tertiary alicyclic amines) is 1. The number of aromatic nitrogens is 3. The topological polar surface area (TPSA) is 71.2 Å². The van der Waals surface area contributed by atoms with Crippen molar-refractivity contribution in [3.05, 3.63) is 94.6 Å². The second-order valence-corrected chi connectivity index (χ2v) is 8.77. The molecule has 1 N–H and O–H groups in total. The van der Waals surface area contributed by atoms with Crippen molar-refractivity contribution >= 4 is 17.2 Å². The average molecular weight is 449 g/mol. The summed E-state index contributed by atoms with van der Waals surface area (Å²) < 4.78 is 14.9. The van der Waals surface area contributed by atoms with E-state index in [1.54, 1.807) is 34.0 Å². The standard InChI is InChI=1S/C24H21FN4O2S/c25-18-10-8-16(9-11-18)19-14-29(27-26-19)21-13-20(17-5-2-1-3-6-17)28(15-22(21)30)24(31)23-7-4-12-32-23/h1-12,14,20-22,30H,13,15H2/t20-,21+,22-/m1/s1. The van der Waals surface area contributed by atoms with Crippen molar-refractivity contribution in [1.82, 2.24) is 19.9 Å². The number of amides is 1. The third kappa shape index (κ3) is 3.94. The number of β-amino-alcohol motifs (C(OH)–C–C–N with tert-alkyl or cyclic N) is 1. The third-order valence-electron chi connectivity index (χ3n) is 5.84. The number of piperidine rings is 1. The van der Waals surface area contributed by atoms with Gasteiger partial charge in [-0.3, -0.25) is 4.79 Å². The van der Waals surface area contributed by atoms with E-state index in [2.05, 4.69) is 10.3 Å². The van der Waals surface area contributed by atoms with Gasteiger partial charge in [0, 0.05) is 12.1 Å². The lowest BCUT2D eigenvalue weighted by Gasteiger charge is -2.42. The number of rotatable bonds is 4. The number of carbonyl (C=O) groups is 1. The lowest BCUT2D eigenvalue weighted by Crippen LogP contribution is -2.49. The first-order chi connectivity index (χ1) is 15.6. The lowest BCUT2D eigenvalue weighted by molar-refractivity contribution is -0.00382. The van der Waals surface area contributed by atoms with Crippen LogP contribution in [0.2, 0.25) is 0 Å². The average Bonchev–Trinajstić information content (AvgIpc) is 3.52. The van der Waals surface area contributed by atoms with Crippen LogP contribution in [-0.4, -0.2) is 43.6 Å². The van der Waals surface area contributed by atoms with Gasteiger partial charge in [0.25, 0.3) is 5.91 Å². The maximum Gasteiger partial charge on any atom is 0.264 e. The summed E-state index contributed by atoms with van der Waals surface area (Å²) in [6.07, 6.45) is 1.45. The number of hydrogen-bond acceptors (Lipinski definition) is 5. The van der Waals surface area contributed by atoms with Gasteiger partial charge in [0.05, 0.1) is 29.3 Å². The second-order valence-electron chi connectivity index (χ2n) is 7.82. The molecule has 6 nitrogen and oxygen atoms in total. The molecule has 4 aromatic rings. The second kappa shape index (κ2) is 8.64. The molecule has 5 rings (SSSR count). The molecule has 162 valence electrons. The van der Waals surface area contributed by atoms with E-state index in [0.29, 0.717) is 17.0 Å². The molecule has 3 atom stereocenters. The van der Waals surface area contributed by atoms with Crippen LogP contribution in [0.15, 0.2) is 78.3 Å². The van der Waals surface area contributed by atoms with E-state index < -0.39 is 6.10 Å². The number of hydrogen-bond donors (Lipinski definition) is 1. The Hall–Kier alpha value is -3.36. The Labute approximate surface area is 188 Å². The molecule has 2 aromatic heterocycles. The maximum atomic E-state index is 13.3. The largest absolute Gasteiger partial charge is 0.389 e. The maximum absolute atomic E-state index is 13.3. The fourth-order valence-electron chi connectivity index (χ4n) is 4.20. The highest BCUT2D eigenvalue weighted by molar-refractivity contribution is 7.12. The fourth-order valence-corrected chi connectivity index (χ4v) is 4.88. The van der Waals surface area contributed by atoms with Gasteiger partial charge in [-0.05, 0) is 47.7 Å². The molecule has 32 heavy (non-hydrogen) atoms. The van der Waals surface area contributed by atoms with E-state index in [1.807, 2.05) is 41.8 Å². The highest BCUT2D eigenvalue weighted by Gasteiger charge is 2.39. The summed E-state index contributed by atoms with van der Waals surface area (Å²) in [5, 5.41) is 21.3. The van der Waals surface area contributed by atoms with E-state index in [0.717, 1.165) is 11.1 Å². The van der Waals surface area contributed by atoms with Gasteiger partial charge >= 0.3 is 0 Å². The zero-order valence-electron chi connectivity index (χ0n) is 17.1. The van der Waals surface area contributed by atoms with Gasteiger partial charge in [-0.2, -0.15) is 0 Å².